The van der Waals surface area contributed by atoms with Gasteiger partial charge in [0.25, 0.3) is 0 Å². The van der Waals surface area contributed by atoms with Crippen LogP contribution in [0.4, 0.5) is 5.82 Å². The number of anilines is 1. The van der Waals surface area contributed by atoms with Gasteiger partial charge in [0, 0.05) is 13.1 Å². The second kappa shape index (κ2) is 5.20. The molecular weight excluding hydrogens is 228 g/mol. The smallest absolute Gasteiger partial charge is 0.147 e. The zero-order chi connectivity index (χ0) is 12.4. The number of rotatable bonds is 2. The van der Waals surface area contributed by atoms with Gasteiger partial charge in [0.05, 0.1) is 30.2 Å². The van der Waals surface area contributed by atoms with Crippen molar-refractivity contribution in [3.8, 4) is 0 Å². The van der Waals surface area contributed by atoms with E-state index in [-0.39, 0.29) is 6.10 Å². The molecule has 0 aromatic carbocycles. The Hall–Kier alpha value is -1.20. The number of aliphatic hydroxyl groups is 1. The molecule has 1 atom stereocenters. The third-order valence-electron chi connectivity index (χ3n) is 3.86. The first-order chi connectivity index (χ1) is 8.83. The summed E-state index contributed by atoms with van der Waals surface area (Å²) < 4.78 is 0. The van der Waals surface area contributed by atoms with Crippen LogP contribution in [0.15, 0.2) is 12.4 Å². The van der Waals surface area contributed by atoms with E-state index in [1.54, 1.807) is 0 Å². The molecule has 2 saturated heterocycles. The lowest BCUT2D eigenvalue weighted by atomic mass is 10.1. The van der Waals surface area contributed by atoms with Crippen molar-refractivity contribution in [2.75, 3.05) is 24.5 Å². The van der Waals surface area contributed by atoms with Crippen LogP contribution in [0.5, 0.6) is 0 Å². The van der Waals surface area contributed by atoms with Gasteiger partial charge in [0.2, 0.25) is 0 Å². The van der Waals surface area contributed by atoms with E-state index in [0.717, 1.165) is 50.4 Å². The maximum Gasteiger partial charge on any atom is 0.147 e. The molecule has 2 N–H and O–H groups in total. The van der Waals surface area contributed by atoms with Crippen molar-refractivity contribution in [2.24, 2.45) is 0 Å². The number of hydrogen-bond donors (Lipinski definition) is 2. The van der Waals surface area contributed by atoms with E-state index in [9.17, 15) is 5.11 Å². The van der Waals surface area contributed by atoms with Crippen LogP contribution in [0.25, 0.3) is 0 Å². The molecule has 0 saturated carbocycles. The summed E-state index contributed by atoms with van der Waals surface area (Å²) in [6, 6.07) is 0.384. The summed E-state index contributed by atoms with van der Waals surface area (Å²) in [4.78, 5) is 11.2. The molecule has 1 aromatic rings. The van der Waals surface area contributed by atoms with Gasteiger partial charge in [0.15, 0.2) is 0 Å². The van der Waals surface area contributed by atoms with Crippen molar-refractivity contribution in [3.05, 3.63) is 18.1 Å². The van der Waals surface area contributed by atoms with Crippen molar-refractivity contribution < 1.29 is 5.11 Å². The Balaban J connectivity index is 1.67. The fourth-order valence-electron chi connectivity index (χ4n) is 2.71. The Kier molecular flexibility index (Phi) is 3.43. The first-order valence-corrected chi connectivity index (χ1v) is 6.81. The second-order valence-corrected chi connectivity index (χ2v) is 5.17. The fourth-order valence-corrected chi connectivity index (χ4v) is 2.71. The van der Waals surface area contributed by atoms with Crippen molar-refractivity contribution in [3.63, 3.8) is 0 Å². The second-order valence-electron chi connectivity index (χ2n) is 5.17. The highest BCUT2D eigenvalue weighted by Gasteiger charge is 2.20. The molecule has 3 heterocycles. The van der Waals surface area contributed by atoms with Gasteiger partial charge in [-0.05, 0) is 32.2 Å². The molecule has 0 amide bonds. The average molecular weight is 248 g/mol. The summed E-state index contributed by atoms with van der Waals surface area (Å²) in [5.74, 6) is 0.934. The van der Waals surface area contributed by atoms with E-state index in [1.165, 1.54) is 6.42 Å². The lowest BCUT2D eigenvalue weighted by Crippen LogP contribution is -2.36. The number of aromatic nitrogens is 2. The minimum Gasteiger partial charge on any atom is -0.393 e. The third-order valence-corrected chi connectivity index (χ3v) is 3.86. The predicted molar refractivity (Wildman–Crippen MR) is 69.5 cm³/mol. The normalized spacial score (nSPS) is 25.6. The molecule has 0 spiro atoms. The molecule has 98 valence electrons. The number of nitrogens with zero attached hydrogens (tertiary/aromatic N) is 3. The molecule has 1 aromatic heterocycles. The fraction of sp³-hybridized carbons (Fsp3) is 0.692. The molecule has 3 rings (SSSR count). The SMILES string of the molecule is OC1CCN(c2cnc([C@@H]3CCCN3)cn2)CC1. The Morgan fingerprint density at radius 3 is 2.61 bits per heavy atom. The summed E-state index contributed by atoms with van der Waals surface area (Å²) in [5, 5.41) is 12.9. The Labute approximate surface area is 107 Å². The monoisotopic (exact) mass is 248 g/mol. The first-order valence-electron chi connectivity index (χ1n) is 6.81. The highest BCUT2D eigenvalue weighted by molar-refractivity contribution is 5.36. The highest BCUT2D eigenvalue weighted by Crippen LogP contribution is 2.22. The zero-order valence-electron chi connectivity index (χ0n) is 10.5. The molecule has 5 heteroatoms. The summed E-state index contributed by atoms with van der Waals surface area (Å²) in [7, 11) is 0. The maximum atomic E-state index is 9.49. The molecule has 2 aliphatic rings. The van der Waals surface area contributed by atoms with Gasteiger partial charge in [-0.2, -0.15) is 0 Å². The van der Waals surface area contributed by atoms with Crippen LogP contribution in [0.3, 0.4) is 0 Å². The van der Waals surface area contributed by atoms with Crippen LogP contribution in [-0.2, 0) is 0 Å². The molecule has 2 aliphatic heterocycles. The summed E-state index contributed by atoms with van der Waals surface area (Å²) in [6.45, 7) is 2.83. The summed E-state index contributed by atoms with van der Waals surface area (Å²) >= 11 is 0. The van der Waals surface area contributed by atoms with Gasteiger partial charge in [-0.15, -0.1) is 0 Å². The van der Waals surface area contributed by atoms with E-state index in [2.05, 4.69) is 20.2 Å². The van der Waals surface area contributed by atoms with E-state index in [4.69, 9.17) is 0 Å². The van der Waals surface area contributed by atoms with E-state index in [1.807, 2.05) is 12.4 Å². The van der Waals surface area contributed by atoms with Crippen LogP contribution in [0.2, 0.25) is 0 Å². The van der Waals surface area contributed by atoms with Gasteiger partial charge >= 0.3 is 0 Å². The predicted octanol–water partition coefficient (Wildman–Crippen LogP) is 0.862. The minimum atomic E-state index is -0.142. The quantitative estimate of drug-likeness (QED) is 0.813. The van der Waals surface area contributed by atoms with E-state index >= 15 is 0 Å². The average Bonchev–Trinajstić information content (AvgIpc) is 2.94. The van der Waals surface area contributed by atoms with Crippen molar-refractivity contribution in [1.29, 1.82) is 0 Å². The van der Waals surface area contributed by atoms with E-state index < -0.39 is 0 Å². The number of nitrogens with one attached hydrogen (secondary N) is 1. The molecule has 0 bridgehead atoms. The lowest BCUT2D eigenvalue weighted by molar-refractivity contribution is 0.145. The lowest BCUT2D eigenvalue weighted by Gasteiger charge is -2.30. The third kappa shape index (κ3) is 2.47. The Morgan fingerprint density at radius 2 is 2.00 bits per heavy atom. The van der Waals surface area contributed by atoms with Gasteiger partial charge in [0.1, 0.15) is 5.82 Å². The van der Waals surface area contributed by atoms with E-state index in [0.29, 0.717) is 6.04 Å². The van der Waals surface area contributed by atoms with Crippen molar-refractivity contribution >= 4 is 5.82 Å². The number of aliphatic hydroxyl groups excluding tert-OH is 1. The summed E-state index contributed by atoms with van der Waals surface area (Å²) in [5.41, 5.74) is 1.05. The molecule has 0 aliphatic carbocycles. The molecule has 0 unspecified atom stereocenters. The van der Waals surface area contributed by atoms with Crippen molar-refractivity contribution in [1.82, 2.24) is 15.3 Å². The van der Waals surface area contributed by atoms with Crippen LogP contribution in [0, 0.1) is 0 Å². The van der Waals surface area contributed by atoms with Gasteiger partial charge in [-0.25, -0.2) is 4.98 Å². The largest absolute Gasteiger partial charge is 0.393 e. The molecule has 2 fully saturated rings. The molecular formula is C13H20N4O. The van der Waals surface area contributed by atoms with Crippen LogP contribution >= 0.6 is 0 Å². The molecule has 0 radical (unpaired) electrons. The number of hydrogen-bond acceptors (Lipinski definition) is 5. The van der Waals surface area contributed by atoms with Crippen LogP contribution in [-0.4, -0.2) is 40.8 Å². The Morgan fingerprint density at radius 1 is 1.17 bits per heavy atom. The minimum absolute atomic E-state index is 0.142. The van der Waals surface area contributed by atoms with Gasteiger partial charge in [-0.3, -0.25) is 4.98 Å². The zero-order valence-corrected chi connectivity index (χ0v) is 10.5. The standard InChI is InChI=1S/C13H20N4O/c18-10-3-6-17(7-4-10)13-9-15-12(8-16-13)11-2-1-5-14-11/h8-11,14,18H,1-7H2/t11-/m0/s1. The Bertz CT molecular complexity index is 380. The summed E-state index contributed by atoms with van der Waals surface area (Å²) in [6.07, 6.45) is 7.65. The van der Waals surface area contributed by atoms with Crippen LogP contribution in [0.1, 0.15) is 37.4 Å². The molecule has 5 nitrogen and oxygen atoms in total. The topological polar surface area (TPSA) is 61.3 Å². The van der Waals surface area contributed by atoms with Crippen molar-refractivity contribution in [2.45, 2.75) is 37.8 Å². The van der Waals surface area contributed by atoms with Crippen LogP contribution < -0.4 is 10.2 Å². The van der Waals surface area contributed by atoms with Gasteiger partial charge < -0.3 is 15.3 Å². The number of piperidine rings is 1. The first kappa shape index (κ1) is 11.9. The van der Waals surface area contributed by atoms with Gasteiger partial charge in [-0.1, -0.05) is 0 Å². The molecule has 18 heavy (non-hydrogen) atoms. The highest BCUT2D eigenvalue weighted by atomic mass is 16.3. The maximum absolute atomic E-state index is 9.49.